The molecule has 146 valence electrons. The van der Waals surface area contributed by atoms with Crippen molar-refractivity contribution in [3.63, 3.8) is 0 Å². The van der Waals surface area contributed by atoms with Crippen LogP contribution >= 0.6 is 0 Å². The number of hydrogen-bond acceptors (Lipinski definition) is 4. The summed E-state index contributed by atoms with van der Waals surface area (Å²) in [5.74, 6) is 1.02. The van der Waals surface area contributed by atoms with E-state index in [0.29, 0.717) is 0 Å². The predicted molar refractivity (Wildman–Crippen MR) is 116 cm³/mol. The van der Waals surface area contributed by atoms with Gasteiger partial charge in [0, 0.05) is 31.5 Å². The quantitative estimate of drug-likeness (QED) is 0.667. The molecule has 3 aliphatic heterocycles. The molecule has 0 saturated carbocycles. The minimum Gasteiger partial charge on any atom is -0.470 e. The number of nitrogens with zero attached hydrogens (tertiary/aromatic N) is 2. The fraction of sp³-hybridized carbons (Fsp3) is 0.280. The molecule has 1 saturated heterocycles. The summed E-state index contributed by atoms with van der Waals surface area (Å²) in [5.41, 5.74) is 7.06. The molecule has 1 spiro atoms. The minimum absolute atomic E-state index is 0.185. The molecule has 0 amide bonds. The van der Waals surface area contributed by atoms with Crippen LogP contribution in [0, 0.1) is 0 Å². The molecule has 6 rings (SSSR count). The predicted octanol–water partition coefficient (Wildman–Crippen LogP) is 4.56. The number of hydrogen-bond donors (Lipinski definition) is 1. The van der Waals surface area contributed by atoms with Crippen molar-refractivity contribution >= 4 is 16.5 Å². The van der Waals surface area contributed by atoms with Gasteiger partial charge in [-0.3, -0.25) is 0 Å². The smallest absolute Gasteiger partial charge is 0.182 e. The van der Waals surface area contributed by atoms with Crippen LogP contribution in [-0.2, 0) is 0 Å². The molecular weight excluding hydrogens is 358 g/mol. The van der Waals surface area contributed by atoms with E-state index in [-0.39, 0.29) is 11.8 Å². The van der Waals surface area contributed by atoms with Gasteiger partial charge in [-0.25, -0.2) is 0 Å². The van der Waals surface area contributed by atoms with E-state index in [1.54, 1.807) is 0 Å². The third-order valence-electron chi connectivity index (χ3n) is 6.65. The highest BCUT2D eigenvalue weighted by Crippen LogP contribution is 2.48. The molecule has 1 N–H and O–H groups in total. The molecule has 3 heterocycles. The Morgan fingerprint density at radius 3 is 2.55 bits per heavy atom. The van der Waals surface area contributed by atoms with E-state index in [9.17, 15) is 0 Å². The lowest BCUT2D eigenvalue weighted by molar-refractivity contribution is -0.157. The van der Waals surface area contributed by atoms with Crippen LogP contribution in [0.4, 0.5) is 0 Å². The number of ether oxygens (including phenoxy) is 1. The highest BCUT2D eigenvalue weighted by atomic mass is 16.5. The van der Waals surface area contributed by atoms with Gasteiger partial charge in [-0.15, -0.1) is 0 Å². The van der Waals surface area contributed by atoms with Crippen LogP contribution in [0.2, 0.25) is 0 Å². The summed E-state index contributed by atoms with van der Waals surface area (Å²) in [6.45, 7) is 2.08. The molecule has 4 heteroatoms. The van der Waals surface area contributed by atoms with Gasteiger partial charge < -0.3 is 15.1 Å². The van der Waals surface area contributed by atoms with Crippen LogP contribution < -0.4 is 10.2 Å². The zero-order valence-electron chi connectivity index (χ0n) is 16.6. The van der Waals surface area contributed by atoms with E-state index < -0.39 is 0 Å². The standard InChI is InChI=1S/C25H25N3O/c1-27-14-12-25(13-15-27)28-23(21-8-4-5-9-24(21)29-25)17-22(26-28)20-11-10-18-6-2-3-7-19(18)16-20/h2-11,16-17,23,26H,12-15H2,1H3/t23-/m1/s1. The van der Waals surface area contributed by atoms with Crippen LogP contribution in [0.5, 0.6) is 5.75 Å². The number of nitrogens with one attached hydrogen (secondary N) is 1. The van der Waals surface area contributed by atoms with Crippen LogP contribution in [0.1, 0.15) is 30.0 Å². The van der Waals surface area contributed by atoms with Crippen LogP contribution in [0.15, 0.2) is 72.8 Å². The van der Waals surface area contributed by atoms with Gasteiger partial charge in [0.15, 0.2) is 5.72 Å². The Kier molecular flexibility index (Phi) is 3.73. The highest BCUT2D eigenvalue weighted by molar-refractivity contribution is 5.86. The number of rotatable bonds is 1. The molecule has 3 aromatic carbocycles. The fourth-order valence-corrected chi connectivity index (χ4v) is 4.95. The van der Waals surface area contributed by atoms with Crippen molar-refractivity contribution in [2.24, 2.45) is 0 Å². The number of para-hydroxylation sites is 1. The lowest BCUT2D eigenvalue weighted by Crippen LogP contribution is -2.63. The summed E-state index contributed by atoms with van der Waals surface area (Å²) in [4.78, 5) is 2.39. The summed E-state index contributed by atoms with van der Waals surface area (Å²) >= 11 is 0. The zero-order valence-corrected chi connectivity index (χ0v) is 16.6. The van der Waals surface area contributed by atoms with Gasteiger partial charge in [-0.2, -0.15) is 5.01 Å². The number of fused-ring (bicyclic) bond motifs is 5. The molecule has 29 heavy (non-hydrogen) atoms. The van der Waals surface area contributed by atoms with Crippen molar-refractivity contribution in [2.45, 2.75) is 24.6 Å². The van der Waals surface area contributed by atoms with Gasteiger partial charge in [0.25, 0.3) is 0 Å². The first kappa shape index (κ1) is 17.1. The maximum Gasteiger partial charge on any atom is 0.182 e. The van der Waals surface area contributed by atoms with Crippen molar-refractivity contribution in [1.82, 2.24) is 15.3 Å². The Morgan fingerprint density at radius 1 is 0.931 bits per heavy atom. The lowest BCUT2D eigenvalue weighted by Gasteiger charge is -2.51. The maximum absolute atomic E-state index is 6.68. The summed E-state index contributed by atoms with van der Waals surface area (Å²) in [5, 5.41) is 4.91. The average Bonchev–Trinajstić information content (AvgIpc) is 3.22. The Morgan fingerprint density at radius 2 is 1.69 bits per heavy atom. The Hall–Kier alpha value is -2.82. The zero-order chi connectivity index (χ0) is 19.4. The van der Waals surface area contributed by atoms with Crippen LogP contribution in [-0.4, -0.2) is 35.8 Å². The van der Waals surface area contributed by atoms with E-state index in [0.717, 1.165) is 31.7 Å². The summed E-state index contributed by atoms with van der Waals surface area (Å²) < 4.78 is 6.68. The van der Waals surface area contributed by atoms with E-state index in [2.05, 4.69) is 95.2 Å². The van der Waals surface area contributed by atoms with Gasteiger partial charge in [0.1, 0.15) is 5.75 Å². The first-order chi connectivity index (χ1) is 14.2. The van der Waals surface area contributed by atoms with E-state index >= 15 is 0 Å². The van der Waals surface area contributed by atoms with Gasteiger partial charge in [-0.05, 0) is 41.6 Å². The molecule has 4 nitrogen and oxygen atoms in total. The highest BCUT2D eigenvalue weighted by Gasteiger charge is 2.51. The van der Waals surface area contributed by atoms with Gasteiger partial charge >= 0.3 is 0 Å². The SMILES string of the molecule is CN1CCC2(CC1)Oc1ccccc1[C@H]1C=C(c3ccc4ccccc4c3)NN12. The van der Waals surface area contributed by atoms with E-state index in [1.807, 2.05) is 0 Å². The van der Waals surface area contributed by atoms with E-state index in [4.69, 9.17) is 4.74 Å². The summed E-state index contributed by atoms with van der Waals surface area (Å²) in [6, 6.07) is 23.9. The molecular formula is C25H25N3O. The molecule has 0 bridgehead atoms. The second-order valence-electron chi connectivity index (χ2n) is 8.46. The number of piperidine rings is 1. The topological polar surface area (TPSA) is 27.7 Å². The monoisotopic (exact) mass is 383 g/mol. The molecule has 0 aromatic heterocycles. The molecule has 0 unspecified atom stereocenters. The number of hydrazine groups is 1. The molecule has 1 atom stereocenters. The first-order valence-corrected chi connectivity index (χ1v) is 10.5. The summed E-state index contributed by atoms with van der Waals surface area (Å²) in [6.07, 6.45) is 4.34. The molecule has 3 aliphatic rings. The number of benzene rings is 3. The van der Waals surface area contributed by atoms with Crippen molar-refractivity contribution < 1.29 is 4.74 Å². The van der Waals surface area contributed by atoms with Gasteiger partial charge in [-0.1, -0.05) is 54.6 Å². The Labute approximate surface area is 171 Å². The molecule has 0 radical (unpaired) electrons. The van der Waals surface area contributed by atoms with E-state index in [1.165, 1.54) is 27.6 Å². The number of likely N-dealkylation sites (tertiary alicyclic amines) is 1. The van der Waals surface area contributed by atoms with Crippen LogP contribution in [0.25, 0.3) is 16.5 Å². The first-order valence-electron chi connectivity index (χ1n) is 10.5. The molecule has 3 aromatic rings. The Balaban J connectivity index is 1.43. The fourth-order valence-electron chi connectivity index (χ4n) is 4.95. The lowest BCUT2D eigenvalue weighted by atomic mass is 9.93. The van der Waals surface area contributed by atoms with Crippen molar-refractivity contribution in [3.05, 3.63) is 83.9 Å². The minimum atomic E-state index is -0.305. The largest absolute Gasteiger partial charge is 0.470 e. The maximum atomic E-state index is 6.68. The second-order valence-corrected chi connectivity index (χ2v) is 8.46. The van der Waals surface area contributed by atoms with Gasteiger partial charge in [0.05, 0.1) is 11.7 Å². The molecule has 1 fully saturated rings. The van der Waals surface area contributed by atoms with Gasteiger partial charge in [0.2, 0.25) is 0 Å². The summed E-state index contributed by atoms with van der Waals surface area (Å²) in [7, 11) is 2.19. The normalized spacial score (nSPS) is 23.2. The van der Waals surface area contributed by atoms with Crippen molar-refractivity contribution in [1.29, 1.82) is 0 Å². The third kappa shape index (κ3) is 2.67. The second kappa shape index (κ2) is 6.34. The van der Waals surface area contributed by atoms with Crippen molar-refractivity contribution in [3.8, 4) is 5.75 Å². The van der Waals surface area contributed by atoms with Crippen molar-refractivity contribution in [2.75, 3.05) is 20.1 Å². The van der Waals surface area contributed by atoms with Crippen LogP contribution in [0.3, 0.4) is 0 Å². The Bertz CT molecular complexity index is 1110. The average molecular weight is 383 g/mol. The molecule has 0 aliphatic carbocycles. The third-order valence-corrected chi connectivity index (χ3v) is 6.65.